The highest BCUT2D eigenvalue weighted by Gasteiger charge is 2.19. The molecule has 6 heteroatoms. The lowest BCUT2D eigenvalue weighted by Crippen LogP contribution is -2.30. The molecule has 0 aliphatic carbocycles. The summed E-state index contributed by atoms with van der Waals surface area (Å²) in [4.78, 5) is 38.4. The van der Waals surface area contributed by atoms with Gasteiger partial charge in [-0.3, -0.25) is 14.4 Å². The van der Waals surface area contributed by atoms with Gasteiger partial charge < -0.3 is 14.2 Å². The molecule has 0 fully saturated rings. The first-order valence-corrected chi connectivity index (χ1v) is 34.4. The molecule has 0 aliphatic rings. The minimum Gasteiger partial charge on any atom is -0.462 e. The maximum absolute atomic E-state index is 12.9. The molecule has 0 N–H and O–H groups in total. The minimum atomic E-state index is -0.787. The summed E-state index contributed by atoms with van der Waals surface area (Å²) < 4.78 is 16.9. The molecule has 0 saturated heterocycles. The zero-order valence-electron chi connectivity index (χ0n) is 53.3. The van der Waals surface area contributed by atoms with Crippen molar-refractivity contribution in [2.75, 3.05) is 13.2 Å². The third-order valence-electron chi connectivity index (χ3n) is 14.8. The van der Waals surface area contributed by atoms with Crippen LogP contribution in [0, 0.1) is 0 Å². The molecule has 0 aromatic carbocycles. The largest absolute Gasteiger partial charge is 0.462 e. The van der Waals surface area contributed by atoms with E-state index in [4.69, 9.17) is 14.2 Å². The zero-order chi connectivity index (χ0) is 58.5. The van der Waals surface area contributed by atoms with E-state index < -0.39 is 6.10 Å². The van der Waals surface area contributed by atoms with Crippen molar-refractivity contribution in [3.05, 3.63) is 109 Å². The van der Waals surface area contributed by atoms with Crippen LogP contribution in [0.5, 0.6) is 0 Å². The van der Waals surface area contributed by atoms with Crippen LogP contribution in [0.2, 0.25) is 0 Å². The smallest absolute Gasteiger partial charge is 0.306 e. The second kappa shape index (κ2) is 68.6. The Kier molecular flexibility index (Phi) is 65.2. The SMILES string of the molecule is CC/C=C\C/C=C\C/C=C\C/C=C\C/C=C\C/C=C\CCCCCCCCCCCCCCCCC(=O)OCC(COC(=O)CCCCCCCCCCCCCCCCC)OC(=O)CCCCCCC/C=C\C/C=C\C/C=C\CC. The summed E-state index contributed by atoms with van der Waals surface area (Å²) in [6.07, 6.45) is 94.0. The molecule has 0 bridgehead atoms. The molecule has 0 aromatic rings. The Bertz CT molecular complexity index is 1620. The van der Waals surface area contributed by atoms with Crippen LogP contribution in [-0.4, -0.2) is 37.2 Å². The van der Waals surface area contributed by atoms with Crippen LogP contribution in [-0.2, 0) is 28.6 Å². The lowest BCUT2D eigenvalue weighted by Gasteiger charge is -2.18. The van der Waals surface area contributed by atoms with Crippen LogP contribution in [0.15, 0.2) is 109 Å². The summed E-state index contributed by atoms with van der Waals surface area (Å²) in [6, 6.07) is 0. The van der Waals surface area contributed by atoms with Gasteiger partial charge in [-0.1, -0.05) is 316 Å². The molecule has 464 valence electrons. The van der Waals surface area contributed by atoms with Gasteiger partial charge in [0.05, 0.1) is 0 Å². The topological polar surface area (TPSA) is 78.9 Å². The van der Waals surface area contributed by atoms with Gasteiger partial charge in [-0.25, -0.2) is 0 Å². The summed E-state index contributed by atoms with van der Waals surface area (Å²) in [6.45, 7) is 6.43. The molecule has 1 unspecified atom stereocenters. The number of carbonyl (C=O) groups excluding carboxylic acids is 3. The predicted octanol–water partition coefficient (Wildman–Crippen LogP) is 23.8. The molecule has 0 aromatic heterocycles. The number of ether oxygens (including phenoxy) is 3. The number of unbranched alkanes of at least 4 members (excludes halogenated alkanes) is 33. The maximum Gasteiger partial charge on any atom is 0.306 e. The number of esters is 3. The van der Waals surface area contributed by atoms with E-state index in [2.05, 4.69) is 130 Å². The molecule has 0 radical (unpaired) electrons. The van der Waals surface area contributed by atoms with E-state index in [0.717, 1.165) is 135 Å². The highest BCUT2D eigenvalue weighted by atomic mass is 16.6. The van der Waals surface area contributed by atoms with Crippen LogP contribution in [0.4, 0.5) is 0 Å². The van der Waals surface area contributed by atoms with Crippen molar-refractivity contribution in [3.8, 4) is 0 Å². The fourth-order valence-electron chi connectivity index (χ4n) is 9.70. The average Bonchev–Trinajstić information content (AvgIpc) is 3.47. The van der Waals surface area contributed by atoms with E-state index in [0.29, 0.717) is 19.3 Å². The van der Waals surface area contributed by atoms with Gasteiger partial charge in [0.2, 0.25) is 0 Å². The highest BCUT2D eigenvalue weighted by Crippen LogP contribution is 2.17. The Labute approximate surface area is 501 Å². The van der Waals surface area contributed by atoms with Gasteiger partial charge in [0.25, 0.3) is 0 Å². The molecular weight excluding hydrogens is 997 g/mol. The Balaban J connectivity index is 4.21. The van der Waals surface area contributed by atoms with E-state index >= 15 is 0 Å². The number of hydrogen-bond donors (Lipinski definition) is 0. The second-order valence-electron chi connectivity index (χ2n) is 22.7. The average molecular weight is 1130 g/mol. The molecule has 0 spiro atoms. The normalized spacial score (nSPS) is 12.8. The first-order chi connectivity index (χ1) is 40.0. The van der Waals surface area contributed by atoms with Crippen molar-refractivity contribution in [1.82, 2.24) is 0 Å². The van der Waals surface area contributed by atoms with Crippen LogP contribution in [0.1, 0.15) is 329 Å². The third-order valence-corrected chi connectivity index (χ3v) is 14.8. The molecular formula is C75H128O6. The van der Waals surface area contributed by atoms with E-state index in [-0.39, 0.29) is 31.1 Å². The van der Waals surface area contributed by atoms with E-state index in [1.807, 2.05) is 0 Å². The van der Waals surface area contributed by atoms with Crippen molar-refractivity contribution in [2.45, 2.75) is 335 Å². The number of carbonyl (C=O) groups is 3. The molecule has 81 heavy (non-hydrogen) atoms. The van der Waals surface area contributed by atoms with Gasteiger partial charge >= 0.3 is 17.9 Å². The highest BCUT2D eigenvalue weighted by molar-refractivity contribution is 5.71. The van der Waals surface area contributed by atoms with Crippen molar-refractivity contribution in [3.63, 3.8) is 0 Å². The standard InChI is InChI=1S/C75H128O6/c1-4-7-10-13-16-19-22-25-28-29-30-31-32-33-34-35-36-37-38-39-40-41-42-43-44-45-48-50-53-56-59-62-65-68-74(77)80-71-72(81-75(78)69-66-63-60-57-54-51-47-27-24-21-18-15-12-9-6-3)70-79-73(76)67-64-61-58-55-52-49-46-26-23-20-17-14-11-8-5-2/h7,9-10,12,16,18-19,21,25,27-28,30-31,33-34,36-37,47,72H,4-6,8,11,13-15,17,20,22-24,26,29,32,35,38-46,48-71H2,1-3H3/b10-7-,12-9-,19-16-,21-18-,28-25-,31-30-,34-33-,37-36-,47-27-. The lowest BCUT2D eigenvalue weighted by atomic mass is 10.0. The molecule has 0 heterocycles. The summed E-state index contributed by atoms with van der Waals surface area (Å²) in [5.74, 6) is -0.885. The van der Waals surface area contributed by atoms with Crippen molar-refractivity contribution < 1.29 is 28.6 Å². The maximum atomic E-state index is 12.9. The quantitative estimate of drug-likeness (QED) is 0.0261. The predicted molar refractivity (Wildman–Crippen MR) is 353 cm³/mol. The molecule has 0 amide bonds. The third kappa shape index (κ3) is 66.8. The van der Waals surface area contributed by atoms with Crippen LogP contribution < -0.4 is 0 Å². The number of hydrogen-bond acceptors (Lipinski definition) is 6. The van der Waals surface area contributed by atoms with Crippen LogP contribution in [0.3, 0.4) is 0 Å². The molecule has 6 nitrogen and oxygen atoms in total. The van der Waals surface area contributed by atoms with Gasteiger partial charge in [-0.05, 0) is 103 Å². The summed E-state index contributed by atoms with van der Waals surface area (Å²) in [5, 5.41) is 0. The van der Waals surface area contributed by atoms with Gasteiger partial charge in [-0.15, -0.1) is 0 Å². The first kappa shape index (κ1) is 77.1. The van der Waals surface area contributed by atoms with Gasteiger partial charge in [0.1, 0.15) is 13.2 Å². The number of allylic oxidation sites excluding steroid dienone is 18. The van der Waals surface area contributed by atoms with Crippen molar-refractivity contribution >= 4 is 17.9 Å². The van der Waals surface area contributed by atoms with Crippen LogP contribution in [0.25, 0.3) is 0 Å². The summed E-state index contributed by atoms with van der Waals surface area (Å²) in [5.41, 5.74) is 0. The van der Waals surface area contributed by atoms with E-state index in [1.165, 1.54) is 154 Å². The van der Waals surface area contributed by atoms with Gasteiger partial charge in [0.15, 0.2) is 6.10 Å². The van der Waals surface area contributed by atoms with E-state index in [1.54, 1.807) is 0 Å². The Morgan fingerprint density at radius 3 is 0.753 bits per heavy atom. The summed E-state index contributed by atoms with van der Waals surface area (Å²) >= 11 is 0. The van der Waals surface area contributed by atoms with Gasteiger partial charge in [0, 0.05) is 19.3 Å². The lowest BCUT2D eigenvalue weighted by molar-refractivity contribution is -0.167. The first-order valence-electron chi connectivity index (χ1n) is 34.4. The fraction of sp³-hybridized carbons (Fsp3) is 0.720. The molecule has 1 atom stereocenters. The zero-order valence-corrected chi connectivity index (χ0v) is 53.3. The Morgan fingerprint density at radius 1 is 0.259 bits per heavy atom. The van der Waals surface area contributed by atoms with Gasteiger partial charge in [-0.2, -0.15) is 0 Å². The van der Waals surface area contributed by atoms with E-state index in [9.17, 15) is 14.4 Å². The summed E-state index contributed by atoms with van der Waals surface area (Å²) in [7, 11) is 0. The minimum absolute atomic E-state index is 0.0812. The van der Waals surface area contributed by atoms with Crippen molar-refractivity contribution in [2.24, 2.45) is 0 Å². The molecule has 0 rings (SSSR count). The fourth-order valence-corrected chi connectivity index (χ4v) is 9.70. The van der Waals surface area contributed by atoms with Crippen LogP contribution >= 0.6 is 0 Å². The Hall–Kier alpha value is -3.93. The second-order valence-corrected chi connectivity index (χ2v) is 22.7. The molecule has 0 saturated carbocycles. The van der Waals surface area contributed by atoms with Crippen molar-refractivity contribution in [1.29, 1.82) is 0 Å². The molecule has 0 aliphatic heterocycles. The Morgan fingerprint density at radius 2 is 0.481 bits per heavy atom. The number of rotatable bonds is 62. The monoisotopic (exact) mass is 1120 g/mol.